The average Bonchev–Trinajstić information content (AvgIpc) is 3.07. The van der Waals surface area contributed by atoms with Gasteiger partial charge in [-0.05, 0) is 67.3 Å². The van der Waals surface area contributed by atoms with E-state index in [9.17, 15) is 20.0 Å². The third-order valence-electron chi connectivity index (χ3n) is 8.67. The molecule has 0 radical (unpaired) electrons. The summed E-state index contributed by atoms with van der Waals surface area (Å²) in [6, 6.07) is 19.1. The summed E-state index contributed by atoms with van der Waals surface area (Å²) in [6.07, 6.45) is 4.14. The molecule has 10 nitrogen and oxygen atoms in total. The minimum Gasteiger partial charge on any atom is -0.392 e. The highest BCUT2D eigenvalue weighted by Gasteiger charge is 2.30. The number of ether oxygens (including phenoxy) is 1. The second-order valence-corrected chi connectivity index (χ2v) is 12.0. The first kappa shape index (κ1) is 30.1. The van der Waals surface area contributed by atoms with Gasteiger partial charge in [0, 0.05) is 49.6 Å². The summed E-state index contributed by atoms with van der Waals surface area (Å²) < 4.78 is 6.93. The van der Waals surface area contributed by atoms with Crippen molar-refractivity contribution in [2.75, 3.05) is 48.0 Å². The number of aliphatic hydroxyl groups is 1. The largest absolute Gasteiger partial charge is 0.392 e. The number of fused-ring (bicyclic) bond motifs is 1. The van der Waals surface area contributed by atoms with Gasteiger partial charge in [-0.2, -0.15) is 5.26 Å². The molecule has 2 aliphatic heterocycles. The number of nitrogens with one attached hydrogen (secondary N) is 1. The van der Waals surface area contributed by atoms with Crippen LogP contribution in [-0.4, -0.2) is 53.4 Å². The fraction of sp³-hybridized carbons (Fsp3) is 0.314. The molecule has 0 spiro atoms. The summed E-state index contributed by atoms with van der Waals surface area (Å²) in [7, 11) is 1.68. The summed E-state index contributed by atoms with van der Waals surface area (Å²) >= 11 is 0. The monoisotopic (exact) mass is 604 g/mol. The zero-order valence-corrected chi connectivity index (χ0v) is 25.7. The Morgan fingerprint density at radius 3 is 2.56 bits per heavy atom. The molecule has 0 saturated carbocycles. The Morgan fingerprint density at radius 2 is 1.84 bits per heavy atom. The normalized spacial score (nSPS) is 15.0. The van der Waals surface area contributed by atoms with Crippen LogP contribution in [0.15, 0.2) is 71.8 Å². The number of benzene rings is 2. The number of carbonyl (C=O) groups is 1. The number of pyridine rings is 2. The number of rotatable bonds is 7. The molecule has 1 saturated heterocycles. The number of aryl methyl sites for hydroxylation is 1. The molecule has 0 aliphatic carbocycles. The maximum absolute atomic E-state index is 13.8. The van der Waals surface area contributed by atoms with Crippen LogP contribution in [0.3, 0.4) is 0 Å². The standard InChI is InChI=1S/C35H36N6O4/c1-35(2,22-36)25-7-9-28-23(17-25)11-12-41(33(28)43)31-6-4-5-27(29(31)21-42)24-18-30(34(44)39(3)20-24)38-32-10-8-26(19-37-32)40-13-15-45-16-14-40/h4-10,17-20,42H,11-16,21H2,1-3H3,(H,37,38). The van der Waals surface area contributed by atoms with Gasteiger partial charge in [0.15, 0.2) is 0 Å². The third-order valence-corrected chi connectivity index (χ3v) is 8.67. The zero-order valence-electron chi connectivity index (χ0n) is 25.7. The number of morpholine rings is 1. The molecule has 1 fully saturated rings. The van der Waals surface area contributed by atoms with Crippen LogP contribution < -0.4 is 20.7 Å². The second kappa shape index (κ2) is 12.2. The summed E-state index contributed by atoms with van der Waals surface area (Å²) in [6.45, 7) is 6.84. The number of nitriles is 1. The number of nitrogens with zero attached hydrogens (tertiary/aromatic N) is 5. The second-order valence-electron chi connectivity index (χ2n) is 12.0. The fourth-order valence-electron chi connectivity index (χ4n) is 5.99. The molecule has 230 valence electrons. The van der Waals surface area contributed by atoms with E-state index in [1.54, 1.807) is 36.5 Å². The van der Waals surface area contributed by atoms with Crippen molar-refractivity contribution in [3.8, 4) is 17.2 Å². The molecule has 2 aliphatic rings. The smallest absolute Gasteiger partial charge is 0.274 e. The lowest BCUT2D eigenvalue weighted by Crippen LogP contribution is -2.38. The van der Waals surface area contributed by atoms with Crippen LogP contribution in [0, 0.1) is 11.3 Å². The molecule has 4 heterocycles. The van der Waals surface area contributed by atoms with Crippen LogP contribution in [0.5, 0.6) is 0 Å². The number of hydrogen-bond donors (Lipinski definition) is 2. The van der Waals surface area contributed by atoms with E-state index < -0.39 is 5.41 Å². The van der Waals surface area contributed by atoms with Crippen LogP contribution in [0.1, 0.15) is 40.9 Å². The van der Waals surface area contributed by atoms with Crippen molar-refractivity contribution in [3.63, 3.8) is 0 Å². The lowest BCUT2D eigenvalue weighted by Gasteiger charge is -2.31. The molecule has 0 bridgehead atoms. The molecule has 10 heteroatoms. The van der Waals surface area contributed by atoms with Gasteiger partial charge in [0.05, 0.1) is 48.9 Å². The molecule has 1 amide bonds. The molecule has 2 aromatic carbocycles. The zero-order chi connectivity index (χ0) is 31.7. The highest BCUT2D eigenvalue weighted by atomic mass is 16.5. The summed E-state index contributed by atoms with van der Waals surface area (Å²) in [4.78, 5) is 35.3. The number of amides is 1. The van der Waals surface area contributed by atoms with Crippen LogP contribution >= 0.6 is 0 Å². The summed E-state index contributed by atoms with van der Waals surface area (Å²) in [5.74, 6) is 0.384. The van der Waals surface area contributed by atoms with E-state index in [2.05, 4.69) is 21.3 Å². The van der Waals surface area contributed by atoms with Gasteiger partial charge in [-0.25, -0.2) is 4.98 Å². The third kappa shape index (κ3) is 5.80. The van der Waals surface area contributed by atoms with Crippen molar-refractivity contribution in [3.05, 3.63) is 99.6 Å². The number of carbonyl (C=O) groups excluding carboxylic acids is 1. The minimum atomic E-state index is -0.653. The van der Waals surface area contributed by atoms with Gasteiger partial charge in [0.2, 0.25) is 0 Å². The Hall–Kier alpha value is -4.98. The Balaban J connectivity index is 1.30. The molecule has 0 unspecified atom stereocenters. The number of aliphatic hydroxyl groups excluding tert-OH is 1. The molecule has 45 heavy (non-hydrogen) atoms. The molecule has 2 aromatic heterocycles. The maximum Gasteiger partial charge on any atom is 0.274 e. The number of anilines is 4. The molecular weight excluding hydrogens is 568 g/mol. The van der Waals surface area contributed by atoms with Crippen molar-refractivity contribution in [1.29, 1.82) is 5.26 Å². The van der Waals surface area contributed by atoms with Crippen LogP contribution in [0.2, 0.25) is 0 Å². The van der Waals surface area contributed by atoms with Gasteiger partial charge in [-0.1, -0.05) is 24.3 Å². The Kier molecular flexibility index (Phi) is 8.14. The van der Waals surface area contributed by atoms with Crippen molar-refractivity contribution in [2.45, 2.75) is 32.3 Å². The highest BCUT2D eigenvalue weighted by molar-refractivity contribution is 6.09. The van der Waals surface area contributed by atoms with E-state index in [0.717, 1.165) is 29.9 Å². The number of aromatic nitrogens is 2. The first-order valence-corrected chi connectivity index (χ1v) is 15.1. The Bertz CT molecular complexity index is 1850. The lowest BCUT2D eigenvalue weighted by atomic mass is 9.83. The quantitative estimate of drug-likeness (QED) is 0.316. The van der Waals surface area contributed by atoms with E-state index in [4.69, 9.17) is 4.74 Å². The predicted molar refractivity (Wildman–Crippen MR) is 174 cm³/mol. The van der Waals surface area contributed by atoms with Crippen LogP contribution in [-0.2, 0) is 30.2 Å². The van der Waals surface area contributed by atoms with Crippen LogP contribution in [0.4, 0.5) is 22.9 Å². The lowest BCUT2D eigenvalue weighted by molar-refractivity contribution is 0.0980. The minimum absolute atomic E-state index is 0.154. The van der Waals surface area contributed by atoms with Crippen LogP contribution in [0.25, 0.3) is 11.1 Å². The fourth-order valence-corrected chi connectivity index (χ4v) is 5.99. The van der Waals surface area contributed by atoms with E-state index in [0.29, 0.717) is 65.6 Å². The van der Waals surface area contributed by atoms with E-state index in [1.165, 1.54) is 4.57 Å². The van der Waals surface area contributed by atoms with Crippen molar-refractivity contribution < 1.29 is 14.6 Å². The molecule has 0 atom stereocenters. The topological polar surface area (TPSA) is 124 Å². The number of hydrogen-bond acceptors (Lipinski definition) is 8. The van der Waals surface area contributed by atoms with Crippen molar-refractivity contribution in [1.82, 2.24) is 9.55 Å². The predicted octanol–water partition coefficient (Wildman–Crippen LogP) is 4.52. The maximum atomic E-state index is 13.8. The molecule has 6 rings (SSSR count). The summed E-state index contributed by atoms with van der Waals surface area (Å²) in [5.41, 5.74) is 5.49. The van der Waals surface area contributed by atoms with Crippen molar-refractivity contribution in [2.24, 2.45) is 7.05 Å². The SMILES string of the molecule is Cn1cc(-c2cccc(N3CCc4cc(C(C)(C)C#N)ccc4C3=O)c2CO)cc(Nc2ccc(N3CCOCC3)cn2)c1=O. The van der Waals surface area contributed by atoms with Crippen molar-refractivity contribution >= 4 is 28.8 Å². The van der Waals surface area contributed by atoms with E-state index in [-0.39, 0.29) is 18.1 Å². The Morgan fingerprint density at radius 1 is 1.04 bits per heavy atom. The van der Waals surface area contributed by atoms with Gasteiger partial charge >= 0.3 is 0 Å². The van der Waals surface area contributed by atoms with Gasteiger partial charge in [-0.3, -0.25) is 9.59 Å². The molecular formula is C35H36N6O4. The van der Waals surface area contributed by atoms with E-state index in [1.807, 2.05) is 56.3 Å². The van der Waals surface area contributed by atoms with E-state index >= 15 is 0 Å². The Labute approximate surface area is 262 Å². The van der Waals surface area contributed by atoms with Gasteiger partial charge in [0.1, 0.15) is 11.5 Å². The highest BCUT2D eigenvalue weighted by Crippen LogP contribution is 2.36. The molecule has 2 N–H and O–H groups in total. The first-order valence-electron chi connectivity index (χ1n) is 15.1. The average molecular weight is 605 g/mol. The first-order chi connectivity index (χ1) is 21.7. The summed E-state index contributed by atoms with van der Waals surface area (Å²) in [5, 5.41) is 23.4. The van der Waals surface area contributed by atoms with Gasteiger partial charge in [0.25, 0.3) is 11.5 Å². The van der Waals surface area contributed by atoms with Gasteiger partial charge in [-0.15, -0.1) is 0 Å². The molecule has 4 aromatic rings. The van der Waals surface area contributed by atoms with Gasteiger partial charge < -0.3 is 29.5 Å².